The molecule has 0 aliphatic carbocycles. The molecule has 1 N–H and O–H groups in total. The van der Waals surface area contributed by atoms with Crippen molar-refractivity contribution in [1.82, 2.24) is 0 Å². The third-order valence-electron chi connectivity index (χ3n) is 3.83. The van der Waals surface area contributed by atoms with Gasteiger partial charge in [-0.05, 0) is 17.7 Å². The van der Waals surface area contributed by atoms with Gasteiger partial charge in [-0.2, -0.15) is 0 Å². The lowest BCUT2D eigenvalue weighted by Gasteiger charge is -2.30. The van der Waals surface area contributed by atoms with Crippen molar-refractivity contribution in [3.63, 3.8) is 0 Å². The van der Waals surface area contributed by atoms with Gasteiger partial charge >= 0.3 is 0 Å². The van der Waals surface area contributed by atoms with Crippen LogP contribution in [0.25, 0.3) is 0 Å². The number of aliphatic hydroxyl groups excluding tert-OH is 1. The average Bonchev–Trinajstić information content (AvgIpc) is 2.63. The molecular weight excluding hydrogens is 310 g/mol. The van der Waals surface area contributed by atoms with Gasteiger partial charge in [-0.25, -0.2) is 0 Å². The number of carbonyl (C=O) groups is 2. The standard InChI is InChI=1S/C18H17NO5/c1-23-16-8-12(10-20)7-14-18(16)24-11-17(22)19(14)9-15(21)13-5-3-2-4-6-13/h2-8,20H,9-11H2,1H3. The number of aliphatic hydroxyl groups is 1. The second-order valence-corrected chi connectivity index (χ2v) is 5.36. The summed E-state index contributed by atoms with van der Waals surface area (Å²) in [5.74, 6) is 0.325. The Balaban J connectivity index is 1.97. The van der Waals surface area contributed by atoms with Crippen LogP contribution in [-0.4, -0.2) is 37.1 Å². The molecule has 0 saturated carbocycles. The molecule has 2 aromatic carbocycles. The zero-order chi connectivity index (χ0) is 17.1. The Hall–Kier alpha value is -2.86. The Bertz CT molecular complexity index is 772. The van der Waals surface area contributed by atoms with Gasteiger partial charge < -0.3 is 14.6 Å². The van der Waals surface area contributed by atoms with Gasteiger partial charge in [-0.15, -0.1) is 0 Å². The van der Waals surface area contributed by atoms with E-state index in [1.165, 1.54) is 12.0 Å². The molecule has 124 valence electrons. The van der Waals surface area contributed by atoms with Gasteiger partial charge in [0.1, 0.15) is 0 Å². The van der Waals surface area contributed by atoms with Crippen LogP contribution in [0.5, 0.6) is 11.5 Å². The van der Waals surface area contributed by atoms with Gasteiger partial charge in [-0.1, -0.05) is 30.3 Å². The maximum atomic E-state index is 12.5. The number of fused-ring (bicyclic) bond motifs is 1. The zero-order valence-electron chi connectivity index (χ0n) is 13.2. The summed E-state index contributed by atoms with van der Waals surface area (Å²) >= 11 is 0. The molecule has 1 heterocycles. The van der Waals surface area contributed by atoms with Crippen LogP contribution >= 0.6 is 0 Å². The molecule has 0 spiro atoms. The van der Waals surface area contributed by atoms with Crippen LogP contribution in [0.3, 0.4) is 0 Å². The van der Waals surface area contributed by atoms with E-state index in [2.05, 4.69) is 0 Å². The van der Waals surface area contributed by atoms with E-state index in [-0.39, 0.29) is 31.4 Å². The van der Waals surface area contributed by atoms with E-state index in [0.717, 1.165) is 0 Å². The topological polar surface area (TPSA) is 76.1 Å². The number of rotatable bonds is 5. The highest BCUT2D eigenvalue weighted by Gasteiger charge is 2.30. The number of anilines is 1. The first-order valence-corrected chi connectivity index (χ1v) is 7.47. The number of nitrogens with zero attached hydrogens (tertiary/aromatic N) is 1. The van der Waals surface area contributed by atoms with E-state index in [1.54, 1.807) is 36.4 Å². The fraction of sp³-hybridized carbons (Fsp3) is 0.222. The third-order valence-corrected chi connectivity index (χ3v) is 3.83. The lowest BCUT2D eigenvalue weighted by molar-refractivity contribution is -0.121. The largest absolute Gasteiger partial charge is 0.493 e. The Labute approximate surface area is 139 Å². The predicted octanol–water partition coefficient (Wildman–Crippen LogP) is 1.80. The van der Waals surface area contributed by atoms with E-state index in [9.17, 15) is 14.7 Å². The van der Waals surface area contributed by atoms with Crippen LogP contribution in [0.2, 0.25) is 0 Å². The first-order chi connectivity index (χ1) is 11.6. The summed E-state index contributed by atoms with van der Waals surface area (Å²) < 4.78 is 10.7. The highest BCUT2D eigenvalue weighted by molar-refractivity contribution is 6.07. The quantitative estimate of drug-likeness (QED) is 0.848. The third kappa shape index (κ3) is 2.96. The van der Waals surface area contributed by atoms with Crippen molar-refractivity contribution in [2.24, 2.45) is 0 Å². The van der Waals surface area contributed by atoms with Crippen LogP contribution in [0.15, 0.2) is 42.5 Å². The minimum atomic E-state index is -0.316. The number of amides is 1. The summed E-state index contributed by atoms with van der Waals surface area (Å²) in [6.45, 7) is -0.473. The normalized spacial score (nSPS) is 13.2. The lowest BCUT2D eigenvalue weighted by atomic mass is 10.1. The SMILES string of the molecule is COc1cc(CO)cc2c1OCC(=O)N2CC(=O)c1ccccc1. The molecule has 3 rings (SSSR count). The number of ketones is 1. The van der Waals surface area contributed by atoms with Crippen molar-refractivity contribution in [3.05, 3.63) is 53.6 Å². The molecule has 0 fully saturated rings. The molecule has 2 aromatic rings. The summed E-state index contributed by atoms with van der Waals surface area (Å²) in [7, 11) is 1.48. The molecule has 24 heavy (non-hydrogen) atoms. The van der Waals surface area contributed by atoms with E-state index in [4.69, 9.17) is 9.47 Å². The minimum Gasteiger partial charge on any atom is -0.493 e. The number of methoxy groups -OCH3 is 1. The van der Waals surface area contributed by atoms with E-state index < -0.39 is 0 Å². The molecule has 6 nitrogen and oxygen atoms in total. The molecule has 0 atom stereocenters. The molecule has 0 bridgehead atoms. The lowest BCUT2D eigenvalue weighted by Crippen LogP contribution is -2.42. The van der Waals surface area contributed by atoms with Gasteiger partial charge in [0, 0.05) is 5.56 Å². The van der Waals surface area contributed by atoms with Crippen LogP contribution < -0.4 is 14.4 Å². The van der Waals surface area contributed by atoms with Crippen molar-refractivity contribution in [2.75, 3.05) is 25.2 Å². The zero-order valence-corrected chi connectivity index (χ0v) is 13.2. The van der Waals surface area contributed by atoms with Crippen LogP contribution in [0, 0.1) is 0 Å². The minimum absolute atomic E-state index is 0.1000. The van der Waals surface area contributed by atoms with E-state index in [1.807, 2.05) is 6.07 Å². The van der Waals surface area contributed by atoms with Gasteiger partial charge in [-0.3, -0.25) is 14.5 Å². The average molecular weight is 327 g/mol. The van der Waals surface area contributed by atoms with E-state index in [0.29, 0.717) is 28.3 Å². The summed E-state index contributed by atoms with van der Waals surface area (Å²) in [4.78, 5) is 26.1. The first kappa shape index (κ1) is 16.0. The summed E-state index contributed by atoms with van der Waals surface area (Å²) in [5.41, 5.74) is 1.53. The molecule has 0 radical (unpaired) electrons. The molecule has 0 saturated heterocycles. The number of hydrogen-bond acceptors (Lipinski definition) is 5. The second-order valence-electron chi connectivity index (χ2n) is 5.36. The molecule has 1 amide bonds. The second kappa shape index (κ2) is 6.72. The van der Waals surface area contributed by atoms with Crippen molar-refractivity contribution in [2.45, 2.75) is 6.61 Å². The highest BCUT2D eigenvalue weighted by Crippen LogP contribution is 2.41. The maximum Gasteiger partial charge on any atom is 0.265 e. The Morgan fingerprint density at radius 3 is 2.71 bits per heavy atom. The van der Waals surface area contributed by atoms with Gasteiger partial charge in [0.2, 0.25) is 0 Å². The smallest absolute Gasteiger partial charge is 0.265 e. The number of hydrogen-bond donors (Lipinski definition) is 1. The van der Waals surface area contributed by atoms with Crippen LogP contribution in [0.1, 0.15) is 15.9 Å². The van der Waals surface area contributed by atoms with Crippen LogP contribution in [0.4, 0.5) is 5.69 Å². The van der Waals surface area contributed by atoms with Crippen LogP contribution in [-0.2, 0) is 11.4 Å². The van der Waals surface area contributed by atoms with Crippen molar-refractivity contribution < 1.29 is 24.2 Å². The summed E-state index contributed by atoms with van der Waals surface area (Å²) in [5, 5.41) is 9.40. The van der Waals surface area contributed by atoms with Gasteiger partial charge in [0.05, 0.1) is 25.9 Å². The van der Waals surface area contributed by atoms with Crippen molar-refractivity contribution >= 4 is 17.4 Å². The summed E-state index contributed by atoms with van der Waals surface area (Å²) in [6, 6.07) is 12.1. The summed E-state index contributed by atoms with van der Waals surface area (Å²) in [6.07, 6.45) is 0. The number of ether oxygens (including phenoxy) is 2. The van der Waals surface area contributed by atoms with Crippen molar-refractivity contribution in [1.29, 1.82) is 0 Å². The fourth-order valence-electron chi connectivity index (χ4n) is 2.61. The maximum absolute atomic E-state index is 12.5. The molecular formula is C18H17NO5. The molecule has 0 unspecified atom stereocenters. The van der Waals surface area contributed by atoms with Gasteiger partial charge in [0.25, 0.3) is 5.91 Å². The predicted molar refractivity (Wildman–Crippen MR) is 87.5 cm³/mol. The molecule has 6 heteroatoms. The molecule has 1 aliphatic rings. The first-order valence-electron chi connectivity index (χ1n) is 7.47. The Morgan fingerprint density at radius 1 is 1.29 bits per heavy atom. The number of Topliss-reactive ketones (excluding diaryl/α,β-unsaturated/α-hetero) is 1. The fourth-order valence-corrected chi connectivity index (χ4v) is 2.61. The number of benzene rings is 2. The van der Waals surface area contributed by atoms with E-state index >= 15 is 0 Å². The molecule has 1 aliphatic heterocycles. The van der Waals surface area contributed by atoms with Gasteiger partial charge in [0.15, 0.2) is 23.9 Å². The van der Waals surface area contributed by atoms with Crippen molar-refractivity contribution in [3.8, 4) is 11.5 Å². The monoisotopic (exact) mass is 327 g/mol. The highest BCUT2D eigenvalue weighted by atomic mass is 16.5. The Kier molecular flexibility index (Phi) is 4.48. The number of carbonyl (C=O) groups excluding carboxylic acids is 2. The Morgan fingerprint density at radius 2 is 2.04 bits per heavy atom. The molecule has 0 aromatic heterocycles.